The summed E-state index contributed by atoms with van der Waals surface area (Å²) >= 11 is 0. The second kappa shape index (κ2) is 5.05. The highest BCUT2D eigenvalue weighted by molar-refractivity contribution is 5.44. The van der Waals surface area contributed by atoms with Crippen molar-refractivity contribution in [2.75, 3.05) is 11.9 Å². The quantitative estimate of drug-likeness (QED) is 0.902. The topological polar surface area (TPSA) is 67.1 Å². The van der Waals surface area contributed by atoms with Crippen LogP contribution in [0.25, 0.3) is 5.65 Å². The fraction of sp³-hybridized carbons (Fsp3) is 0.643. The molecule has 0 bridgehead atoms. The van der Waals surface area contributed by atoms with Crippen molar-refractivity contribution in [1.29, 1.82) is 0 Å². The van der Waals surface area contributed by atoms with Crippen molar-refractivity contribution < 1.29 is 13.2 Å². The summed E-state index contributed by atoms with van der Waals surface area (Å²) in [4.78, 5) is 0. The molecular formula is C14H17F3N6. The zero-order chi connectivity index (χ0) is 16.1. The molecule has 2 N–H and O–H groups in total. The minimum absolute atomic E-state index is 0.198. The van der Waals surface area contributed by atoms with Crippen LogP contribution in [0.3, 0.4) is 0 Å². The van der Waals surface area contributed by atoms with E-state index in [1.54, 1.807) is 12.1 Å². The molecule has 23 heavy (non-hydrogen) atoms. The van der Waals surface area contributed by atoms with Crippen molar-refractivity contribution in [3.05, 3.63) is 18.0 Å². The SMILES string of the molecule is FC(F)(F)Cc1nnc2ccc(NC3CNC4(CCC4)C3)nn12. The van der Waals surface area contributed by atoms with Crippen molar-refractivity contribution in [2.45, 2.75) is 49.9 Å². The standard InChI is InChI=1S/C14H17F3N6/c15-14(16,17)7-12-21-20-11-3-2-10(22-23(11)12)19-9-6-13(18-8-9)4-1-5-13/h2-3,9,18H,1,4-8H2,(H,19,22). The number of nitrogens with zero attached hydrogens (tertiary/aromatic N) is 4. The van der Waals surface area contributed by atoms with E-state index in [1.807, 2.05) is 0 Å². The van der Waals surface area contributed by atoms with Gasteiger partial charge in [-0.25, -0.2) is 0 Å². The molecule has 2 aliphatic rings. The Labute approximate surface area is 130 Å². The van der Waals surface area contributed by atoms with Crippen molar-refractivity contribution in [3.63, 3.8) is 0 Å². The first-order chi connectivity index (χ1) is 10.9. The summed E-state index contributed by atoms with van der Waals surface area (Å²) in [5.41, 5.74) is 0.578. The van der Waals surface area contributed by atoms with Gasteiger partial charge in [0.1, 0.15) is 12.2 Å². The number of aromatic nitrogens is 4. The Bertz CT molecular complexity index is 721. The maximum atomic E-state index is 12.6. The van der Waals surface area contributed by atoms with Crippen LogP contribution < -0.4 is 10.6 Å². The minimum atomic E-state index is -4.33. The zero-order valence-electron chi connectivity index (χ0n) is 12.4. The van der Waals surface area contributed by atoms with Gasteiger partial charge in [0.05, 0.1) is 0 Å². The molecule has 124 valence electrons. The lowest BCUT2D eigenvalue weighted by atomic mass is 9.75. The largest absolute Gasteiger partial charge is 0.396 e. The van der Waals surface area contributed by atoms with Crippen LogP contribution in [0.5, 0.6) is 0 Å². The van der Waals surface area contributed by atoms with Crippen molar-refractivity contribution in [1.82, 2.24) is 25.1 Å². The van der Waals surface area contributed by atoms with Gasteiger partial charge in [0.15, 0.2) is 11.5 Å². The van der Waals surface area contributed by atoms with Crippen molar-refractivity contribution >= 4 is 11.5 Å². The smallest absolute Gasteiger partial charge is 0.365 e. The van der Waals surface area contributed by atoms with Gasteiger partial charge in [-0.15, -0.1) is 15.3 Å². The molecule has 4 rings (SSSR count). The van der Waals surface area contributed by atoms with Crippen LogP contribution in [0.1, 0.15) is 31.5 Å². The van der Waals surface area contributed by atoms with E-state index in [4.69, 9.17) is 0 Å². The van der Waals surface area contributed by atoms with Crippen LogP contribution >= 0.6 is 0 Å². The van der Waals surface area contributed by atoms with E-state index in [2.05, 4.69) is 25.9 Å². The Morgan fingerprint density at radius 3 is 2.78 bits per heavy atom. The second-order valence-corrected chi connectivity index (χ2v) is 6.46. The summed E-state index contributed by atoms with van der Waals surface area (Å²) < 4.78 is 38.9. The molecule has 1 saturated heterocycles. The maximum Gasteiger partial charge on any atom is 0.396 e. The number of hydrogen-bond donors (Lipinski definition) is 2. The molecule has 1 saturated carbocycles. The number of halogens is 3. The average molecular weight is 326 g/mol. The van der Waals surface area contributed by atoms with Crippen LogP contribution in [0.4, 0.5) is 19.0 Å². The first-order valence-corrected chi connectivity index (χ1v) is 7.72. The number of nitrogens with one attached hydrogen (secondary N) is 2. The van der Waals surface area contributed by atoms with Crippen LogP contribution in [-0.2, 0) is 6.42 Å². The van der Waals surface area contributed by atoms with Crippen LogP contribution in [0.2, 0.25) is 0 Å². The first kappa shape index (κ1) is 14.7. The number of hydrogen-bond acceptors (Lipinski definition) is 5. The second-order valence-electron chi connectivity index (χ2n) is 6.46. The van der Waals surface area contributed by atoms with Gasteiger partial charge in [-0.3, -0.25) is 0 Å². The van der Waals surface area contributed by atoms with Gasteiger partial charge in [-0.05, 0) is 37.8 Å². The van der Waals surface area contributed by atoms with Crippen molar-refractivity contribution in [2.24, 2.45) is 0 Å². The van der Waals surface area contributed by atoms with Crippen molar-refractivity contribution in [3.8, 4) is 0 Å². The summed E-state index contributed by atoms with van der Waals surface area (Å²) in [7, 11) is 0. The molecule has 9 heteroatoms. The van der Waals surface area contributed by atoms with E-state index in [0.717, 1.165) is 17.5 Å². The normalized spacial score (nSPS) is 23.3. The average Bonchev–Trinajstić information content (AvgIpc) is 3.02. The molecule has 1 unspecified atom stereocenters. The Balaban J connectivity index is 1.53. The highest BCUT2D eigenvalue weighted by Gasteiger charge is 2.43. The molecule has 2 aromatic heterocycles. The van der Waals surface area contributed by atoms with Gasteiger partial charge in [0.25, 0.3) is 0 Å². The summed E-state index contributed by atoms with van der Waals surface area (Å²) in [6.45, 7) is 0.845. The lowest BCUT2D eigenvalue weighted by Crippen LogP contribution is -2.45. The molecule has 1 atom stereocenters. The van der Waals surface area contributed by atoms with Crippen LogP contribution in [-0.4, -0.2) is 44.1 Å². The summed E-state index contributed by atoms with van der Waals surface area (Å²) in [6, 6.07) is 3.60. The first-order valence-electron chi connectivity index (χ1n) is 7.72. The molecule has 6 nitrogen and oxygen atoms in total. The lowest BCUT2D eigenvalue weighted by molar-refractivity contribution is -0.128. The minimum Gasteiger partial charge on any atom is -0.365 e. The van der Waals surface area contributed by atoms with Crippen LogP contribution in [0, 0.1) is 0 Å². The highest BCUT2D eigenvalue weighted by Crippen LogP contribution is 2.39. The molecule has 0 radical (unpaired) electrons. The summed E-state index contributed by atoms with van der Waals surface area (Å²) in [5, 5.41) is 18.4. The van der Waals surface area contributed by atoms with E-state index in [0.29, 0.717) is 11.5 Å². The molecular weight excluding hydrogens is 309 g/mol. The summed E-state index contributed by atoms with van der Waals surface area (Å²) in [6.07, 6.45) is -0.813. The number of anilines is 1. The van der Waals surface area contributed by atoms with Gasteiger partial charge in [-0.1, -0.05) is 0 Å². The van der Waals surface area contributed by atoms with E-state index in [-0.39, 0.29) is 17.4 Å². The van der Waals surface area contributed by atoms with Gasteiger partial charge >= 0.3 is 6.18 Å². The zero-order valence-corrected chi connectivity index (χ0v) is 12.4. The van der Waals surface area contributed by atoms with E-state index < -0.39 is 12.6 Å². The fourth-order valence-corrected chi connectivity index (χ4v) is 3.45. The predicted molar refractivity (Wildman–Crippen MR) is 77.2 cm³/mol. The van der Waals surface area contributed by atoms with E-state index in [9.17, 15) is 13.2 Å². The Morgan fingerprint density at radius 2 is 2.13 bits per heavy atom. The molecule has 0 amide bonds. The van der Waals surface area contributed by atoms with Crippen LogP contribution in [0.15, 0.2) is 12.1 Å². The Morgan fingerprint density at radius 1 is 1.30 bits per heavy atom. The molecule has 2 aromatic rings. The third kappa shape index (κ3) is 2.85. The van der Waals surface area contributed by atoms with E-state index in [1.165, 1.54) is 19.3 Å². The maximum absolute atomic E-state index is 12.6. The number of rotatable bonds is 3. The predicted octanol–water partition coefficient (Wildman–Crippen LogP) is 1.93. The Hall–Kier alpha value is -1.90. The third-order valence-electron chi connectivity index (χ3n) is 4.71. The monoisotopic (exact) mass is 326 g/mol. The molecule has 1 aliphatic carbocycles. The summed E-state index contributed by atoms with van der Waals surface area (Å²) in [5.74, 6) is 0.347. The third-order valence-corrected chi connectivity index (χ3v) is 4.71. The number of alkyl halides is 3. The highest BCUT2D eigenvalue weighted by atomic mass is 19.4. The lowest BCUT2D eigenvalue weighted by Gasteiger charge is -2.38. The molecule has 1 aliphatic heterocycles. The molecule has 2 fully saturated rings. The van der Waals surface area contributed by atoms with Gasteiger partial charge in [0, 0.05) is 18.1 Å². The van der Waals surface area contributed by atoms with Gasteiger partial charge in [0.2, 0.25) is 0 Å². The molecule has 0 aromatic carbocycles. The number of fused-ring (bicyclic) bond motifs is 1. The van der Waals surface area contributed by atoms with Gasteiger partial charge < -0.3 is 10.6 Å². The molecule has 3 heterocycles. The fourth-order valence-electron chi connectivity index (χ4n) is 3.45. The van der Waals surface area contributed by atoms with Gasteiger partial charge in [-0.2, -0.15) is 17.7 Å². The van der Waals surface area contributed by atoms with E-state index >= 15 is 0 Å². The Kier molecular flexibility index (Phi) is 3.22. The molecule has 1 spiro atoms.